The molecule has 194 valence electrons. The number of H-pyrrole nitrogens is 1. The number of ether oxygens (including phenoxy) is 2. The van der Waals surface area contributed by atoms with E-state index in [0.29, 0.717) is 51.5 Å². The first-order valence-corrected chi connectivity index (χ1v) is 12.8. The maximum Gasteiger partial charge on any atom is 0.253 e. The molecule has 2 amide bonds. The molecule has 2 aromatic heterocycles. The second-order valence-corrected chi connectivity index (χ2v) is 8.73. The van der Waals surface area contributed by atoms with E-state index < -0.39 is 6.04 Å². The minimum Gasteiger partial charge on any atom is -0.380 e. The monoisotopic (exact) mass is 502 g/mol. The Morgan fingerprint density at radius 1 is 1.00 bits per heavy atom. The number of aromatic nitrogens is 2. The van der Waals surface area contributed by atoms with Crippen LogP contribution in [0.1, 0.15) is 29.8 Å². The van der Waals surface area contributed by atoms with E-state index in [1.807, 2.05) is 68.6 Å². The molecule has 0 aliphatic heterocycles. The van der Waals surface area contributed by atoms with E-state index in [4.69, 9.17) is 9.47 Å². The fourth-order valence-corrected chi connectivity index (χ4v) is 4.35. The first kappa shape index (κ1) is 26.3. The molecule has 4 aromatic rings. The number of carbonyl (C=O) groups excluding carboxylic acids is 2. The molecule has 0 unspecified atom stereocenters. The van der Waals surface area contributed by atoms with Gasteiger partial charge in [-0.1, -0.05) is 36.4 Å². The average Bonchev–Trinajstić information content (AvgIpc) is 3.34. The van der Waals surface area contributed by atoms with Crippen LogP contribution in [0.5, 0.6) is 0 Å². The van der Waals surface area contributed by atoms with Crippen LogP contribution in [0.3, 0.4) is 0 Å². The minimum atomic E-state index is -0.776. The number of amides is 2. The van der Waals surface area contributed by atoms with Gasteiger partial charge in [0.05, 0.1) is 24.3 Å². The standard InChI is InChI=1S/C29H34N4O4/c1-3-36-15-13-33(14-16-37-4-2)29(35)27(18-22-19-31-26-12-8-6-10-24(22)26)32-28(34)23-17-21-9-5-7-11-25(21)30-20-23/h5-12,17,19-20,27,31H,3-4,13-16,18H2,1-2H3,(H,32,34)/t27-/m1/s1. The van der Waals surface area contributed by atoms with E-state index in [1.165, 1.54) is 0 Å². The van der Waals surface area contributed by atoms with Gasteiger partial charge in [0.1, 0.15) is 6.04 Å². The largest absolute Gasteiger partial charge is 0.380 e. The van der Waals surface area contributed by atoms with Gasteiger partial charge in [0.15, 0.2) is 0 Å². The molecule has 8 nitrogen and oxygen atoms in total. The summed E-state index contributed by atoms with van der Waals surface area (Å²) in [7, 11) is 0. The molecule has 2 N–H and O–H groups in total. The van der Waals surface area contributed by atoms with Gasteiger partial charge in [0, 0.05) is 61.4 Å². The summed E-state index contributed by atoms with van der Waals surface area (Å²) in [5.41, 5.74) is 3.16. The summed E-state index contributed by atoms with van der Waals surface area (Å²) < 4.78 is 11.0. The van der Waals surface area contributed by atoms with Crippen LogP contribution in [0.25, 0.3) is 21.8 Å². The fourth-order valence-electron chi connectivity index (χ4n) is 4.35. The second kappa shape index (κ2) is 13.0. The number of hydrogen-bond acceptors (Lipinski definition) is 5. The third-order valence-electron chi connectivity index (χ3n) is 6.29. The van der Waals surface area contributed by atoms with Crippen LogP contribution in [-0.2, 0) is 20.7 Å². The van der Waals surface area contributed by atoms with Gasteiger partial charge in [0.25, 0.3) is 5.91 Å². The average molecular weight is 503 g/mol. The molecule has 0 spiro atoms. The third kappa shape index (κ3) is 6.72. The van der Waals surface area contributed by atoms with E-state index in [-0.39, 0.29) is 11.8 Å². The van der Waals surface area contributed by atoms with Crippen LogP contribution in [0.4, 0.5) is 0 Å². The predicted octanol–water partition coefficient (Wildman–Crippen LogP) is 3.96. The summed E-state index contributed by atoms with van der Waals surface area (Å²) in [5.74, 6) is -0.516. The molecule has 4 rings (SSSR count). The van der Waals surface area contributed by atoms with Crippen molar-refractivity contribution in [2.24, 2.45) is 0 Å². The molecule has 8 heteroatoms. The zero-order valence-electron chi connectivity index (χ0n) is 21.4. The van der Waals surface area contributed by atoms with Crippen molar-refractivity contribution in [1.29, 1.82) is 0 Å². The Hall–Kier alpha value is -3.75. The van der Waals surface area contributed by atoms with Gasteiger partial charge < -0.3 is 24.7 Å². The number of fused-ring (bicyclic) bond motifs is 2. The summed E-state index contributed by atoms with van der Waals surface area (Å²) in [6.45, 7) is 6.63. The predicted molar refractivity (Wildman–Crippen MR) is 145 cm³/mol. The molecular weight excluding hydrogens is 468 g/mol. The smallest absolute Gasteiger partial charge is 0.253 e. The van der Waals surface area contributed by atoms with Gasteiger partial charge in [-0.05, 0) is 37.6 Å². The van der Waals surface area contributed by atoms with Gasteiger partial charge in [-0.3, -0.25) is 14.6 Å². The molecule has 37 heavy (non-hydrogen) atoms. The number of para-hydroxylation sites is 2. The van der Waals surface area contributed by atoms with Gasteiger partial charge >= 0.3 is 0 Å². The lowest BCUT2D eigenvalue weighted by molar-refractivity contribution is -0.134. The number of nitrogens with zero attached hydrogens (tertiary/aromatic N) is 2. The van der Waals surface area contributed by atoms with E-state index in [9.17, 15) is 9.59 Å². The van der Waals surface area contributed by atoms with Crippen molar-refractivity contribution < 1.29 is 19.1 Å². The number of carbonyl (C=O) groups is 2. The van der Waals surface area contributed by atoms with Crippen molar-refractivity contribution in [3.05, 3.63) is 78.1 Å². The maximum absolute atomic E-state index is 13.8. The number of rotatable bonds is 13. The highest BCUT2D eigenvalue weighted by Crippen LogP contribution is 2.20. The van der Waals surface area contributed by atoms with E-state index in [0.717, 1.165) is 27.4 Å². The number of hydrogen-bond donors (Lipinski definition) is 2. The molecule has 0 saturated carbocycles. The Balaban J connectivity index is 1.60. The highest BCUT2D eigenvalue weighted by atomic mass is 16.5. The summed E-state index contributed by atoms with van der Waals surface area (Å²) in [6, 6.07) is 16.6. The van der Waals surface area contributed by atoms with Gasteiger partial charge in [-0.25, -0.2) is 0 Å². The number of nitrogens with one attached hydrogen (secondary N) is 2. The topological polar surface area (TPSA) is 96.5 Å². The molecule has 0 saturated heterocycles. The summed E-state index contributed by atoms with van der Waals surface area (Å²) >= 11 is 0. The van der Waals surface area contributed by atoms with E-state index in [1.54, 1.807) is 17.2 Å². The lowest BCUT2D eigenvalue weighted by Crippen LogP contribution is -2.51. The number of aromatic amines is 1. The Kier molecular flexibility index (Phi) is 9.24. The molecule has 0 aliphatic carbocycles. The first-order chi connectivity index (χ1) is 18.1. The van der Waals surface area contributed by atoms with Crippen molar-refractivity contribution >= 4 is 33.6 Å². The Labute approximate surface area is 217 Å². The molecule has 1 atom stereocenters. The summed E-state index contributed by atoms with van der Waals surface area (Å²) in [6.07, 6.45) is 3.79. The molecular formula is C29H34N4O4. The van der Waals surface area contributed by atoms with Crippen molar-refractivity contribution in [3.63, 3.8) is 0 Å². The molecule has 2 heterocycles. The number of pyridine rings is 1. The van der Waals surface area contributed by atoms with Gasteiger partial charge in [-0.15, -0.1) is 0 Å². The van der Waals surface area contributed by atoms with Crippen molar-refractivity contribution in [1.82, 2.24) is 20.2 Å². The van der Waals surface area contributed by atoms with Gasteiger partial charge in [-0.2, -0.15) is 0 Å². The van der Waals surface area contributed by atoms with Gasteiger partial charge in [0.2, 0.25) is 5.91 Å². The fraction of sp³-hybridized carbons (Fsp3) is 0.345. The Bertz CT molecular complexity index is 1330. The molecule has 2 aromatic carbocycles. The quantitative estimate of drug-likeness (QED) is 0.270. The van der Waals surface area contributed by atoms with Crippen molar-refractivity contribution in [2.45, 2.75) is 26.3 Å². The normalized spacial score (nSPS) is 12.1. The number of benzene rings is 2. The highest BCUT2D eigenvalue weighted by molar-refractivity contribution is 6.00. The summed E-state index contributed by atoms with van der Waals surface area (Å²) in [4.78, 5) is 36.6. The van der Waals surface area contributed by atoms with Crippen molar-refractivity contribution in [2.75, 3.05) is 39.5 Å². The maximum atomic E-state index is 13.8. The van der Waals surface area contributed by atoms with Crippen LogP contribution < -0.4 is 5.32 Å². The molecule has 0 aliphatic rings. The lowest BCUT2D eigenvalue weighted by Gasteiger charge is -2.28. The molecule has 0 bridgehead atoms. The minimum absolute atomic E-state index is 0.174. The van der Waals surface area contributed by atoms with E-state index >= 15 is 0 Å². The van der Waals surface area contributed by atoms with Crippen LogP contribution in [-0.4, -0.2) is 72.2 Å². The molecule has 0 radical (unpaired) electrons. The zero-order chi connectivity index (χ0) is 26.0. The highest BCUT2D eigenvalue weighted by Gasteiger charge is 2.28. The molecule has 0 fully saturated rings. The van der Waals surface area contributed by atoms with Crippen LogP contribution >= 0.6 is 0 Å². The van der Waals surface area contributed by atoms with Crippen LogP contribution in [0, 0.1) is 0 Å². The third-order valence-corrected chi connectivity index (χ3v) is 6.29. The first-order valence-electron chi connectivity index (χ1n) is 12.8. The van der Waals surface area contributed by atoms with Crippen LogP contribution in [0.2, 0.25) is 0 Å². The lowest BCUT2D eigenvalue weighted by atomic mass is 10.0. The van der Waals surface area contributed by atoms with Crippen molar-refractivity contribution in [3.8, 4) is 0 Å². The Morgan fingerprint density at radius 3 is 2.46 bits per heavy atom. The second-order valence-electron chi connectivity index (χ2n) is 8.73. The SMILES string of the molecule is CCOCCN(CCOCC)C(=O)[C@@H](Cc1c[nH]c2ccccc12)NC(=O)c1cnc2ccccc2c1. The zero-order valence-corrected chi connectivity index (χ0v) is 21.4. The Morgan fingerprint density at radius 2 is 1.70 bits per heavy atom. The van der Waals surface area contributed by atoms with Crippen LogP contribution in [0.15, 0.2) is 67.0 Å². The van der Waals surface area contributed by atoms with E-state index in [2.05, 4.69) is 15.3 Å². The summed E-state index contributed by atoms with van der Waals surface area (Å²) in [5, 5.41) is 4.89.